The zero-order valence-electron chi connectivity index (χ0n) is 9.42. The van der Waals surface area contributed by atoms with Crippen LogP contribution < -0.4 is 11.2 Å². The molecule has 0 heterocycles. The van der Waals surface area contributed by atoms with Crippen LogP contribution in [0.3, 0.4) is 0 Å². The summed E-state index contributed by atoms with van der Waals surface area (Å²) in [7, 11) is 0. The topological polar surface area (TPSA) is 84.6 Å². The van der Waals surface area contributed by atoms with Crippen molar-refractivity contribution in [2.24, 2.45) is 5.73 Å². The van der Waals surface area contributed by atoms with E-state index < -0.39 is 23.2 Å². The molecule has 5 heteroatoms. The lowest BCUT2D eigenvalue weighted by Gasteiger charge is -2.38. The van der Waals surface area contributed by atoms with Gasteiger partial charge in [0.2, 0.25) is 0 Å². The van der Waals surface area contributed by atoms with E-state index in [1.54, 1.807) is 0 Å². The first kappa shape index (κ1) is 13.4. The van der Waals surface area contributed by atoms with Crippen LogP contribution >= 0.6 is 0 Å². The third-order valence-electron chi connectivity index (χ3n) is 2.36. The summed E-state index contributed by atoms with van der Waals surface area (Å²) in [6.45, 7) is 8.58. The van der Waals surface area contributed by atoms with E-state index in [0.717, 1.165) is 0 Å². The third kappa shape index (κ3) is 3.61. The SMILES string of the molecule is CC(O)C(=O)ONC(C)(C)C(C)(C)N. The molecular weight excluding hydrogens is 184 g/mol. The van der Waals surface area contributed by atoms with Gasteiger partial charge in [0, 0.05) is 5.54 Å². The minimum Gasteiger partial charge on any atom is -0.382 e. The normalized spacial score (nSPS) is 15.1. The van der Waals surface area contributed by atoms with Crippen LogP contribution in [-0.2, 0) is 9.63 Å². The third-order valence-corrected chi connectivity index (χ3v) is 2.36. The van der Waals surface area contributed by atoms with Crippen molar-refractivity contribution in [1.82, 2.24) is 5.48 Å². The Balaban J connectivity index is 4.20. The highest BCUT2D eigenvalue weighted by Gasteiger charge is 2.35. The summed E-state index contributed by atoms with van der Waals surface area (Å²) in [5.74, 6) is -0.720. The molecule has 14 heavy (non-hydrogen) atoms. The van der Waals surface area contributed by atoms with Crippen molar-refractivity contribution in [1.29, 1.82) is 0 Å². The van der Waals surface area contributed by atoms with Crippen LogP contribution in [-0.4, -0.2) is 28.3 Å². The molecular formula is C9H20N2O3. The zero-order chi connectivity index (χ0) is 11.6. The van der Waals surface area contributed by atoms with E-state index in [2.05, 4.69) is 10.3 Å². The van der Waals surface area contributed by atoms with Crippen molar-refractivity contribution in [3.63, 3.8) is 0 Å². The standard InChI is InChI=1S/C9H20N2O3/c1-6(12)7(13)14-11-9(4,5)8(2,3)10/h6,11-12H,10H2,1-5H3. The van der Waals surface area contributed by atoms with Crippen LogP contribution in [0.25, 0.3) is 0 Å². The van der Waals surface area contributed by atoms with E-state index in [4.69, 9.17) is 10.8 Å². The number of rotatable bonds is 4. The highest BCUT2D eigenvalue weighted by Crippen LogP contribution is 2.17. The Hall–Kier alpha value is -0.650. The Bertz CT molecular complexity index is 207. The predicted molar refractivity (Wildman–Crippen MR) is 53.3 cm³/mol. The molecule has 84 valence electrons. The summed E-state index contributed by atoms with van der Waals surface area (Å²) in [5.41, 5.74) is 7.28. The lowest BCUT2D eigenvalue weighted by Crippen LogP contribution is -2.61. The summed E-state index contributed by atoms with van der Waals surface area (Å²) in [5, 5.41) is 8.87. The highest BCUT2D eigenvalue weighted by atomic mass is 16.7. The van der Waals surface area contributed by atoms with Gasteiger partial charge in [-0.2, -0.15) is 0 Å². The van der Waals surface area contributed by atoms with Gasteiger partial charge in [0.25, 0.3) is 0 Å². The van der Waals surface area contributed by atoms with Crippen LogP contribution in [0.4, 0.5) is 0 Å². The molecule has 0 saturated carbocycles. The Morgan fingerprint density at radius 1 is 1.43 bits per heavy atom. The van der Waals surface area contributed by atoms with Crippen molar-refractivity contribution in [2.75, 3.05) is 0 Å². The second kappa shape index (κ2) is 4.25. The number of hydroxylamine groups is 1. The van der Waals surface area contributed by atoms with E-state index in [0.29, 0.717) is 0 Å². The van der Waals surface area contributed by atoms with E-state index >= 15 is 0 Å². The van der Waals surface area contributed by atoms with Crippen molar-refractivity contribution in [3.8, 4) is 0 Å². The molecule has 0 fully saturated rings. The van der Waals surface area contributed by atoms with Crippen LogP contribution in [0.1, 0.15) is 34.6 Å². The summed E-state index contributed by atoms with van der Waals surface area (Å²) in [6, 6.07) is 0. The monoisotopic (exact) mass is 204 g/mol. The van der Waals surface area contributed by atoms with E-state index in [-0.39, 0.29) is 0 Å². The number of carbonyl (C=O) groups excluding carboxylic acids is 1. The molecule has 0 aliphatic heterocycles. The van der Waals surface area contributed by atoms with Crippen LogP contribution in [0.5, 0.6) is 0 Å². The number of nitrogens with two attached hydrogens (primary N) is 1. The lowest BCUT2D eigenvalue weighted by atomic mass is 9.84. The van der Waals surface area contributed by atoms with Gasteiger partial charge >= 0.3 is 5.97 Å². The first-order valence-electron chi connectivity index (χ1n) is 4.53. The fourth-order valence-corrected chi connectivity index (χ4v) is 0.395. The van der Waals surface area contributed by atoms with Gasteiger partial charge in [0.05, 0.1) is 5.54 Å². The fourth-order valence-electron chi connectivity index (χ4n) is 0.395. The van der Waals surface area contributed by atoms with Gasteiger partial charge < -0.3 is 15.7 Å². The Morgan fingerprint density at radius 2 is 1.86 bits per heavy atom. The molecule has 0 aromatic carbocycles. The van der Waals surface area contributed by atoms with Crippen molar-refractivity contribution < 1.29 is 14.7 Å². The lowest BCUT2D eigenvalue weighted by molar-refractivity contribution is -0.166. The number of hydrogen-bond acceptors (Lipinski definition) is 5. The van der Waals surface area contributed by atoms with E-state index in [9.17, 15) is 4.79 Å². The molecule has 5 nitrogen and oxygen atoms in total. The van der Waals surface area contributed by atoms with Gasteiger partial charge in [0.1, 0.15) is 0 Å². The smallest absolute Gasteiger partial charge is 0.353 e. The molecule has 0 aliphatic rings. The maximum atomic E-state index is 10.9. The van der Waals surface area contributed by atoms with Crippen molar-refractivity contribution >= 4 is 5.97 Å². The molecule has 0 radical (unpaired) electrons. The molecule has 0 bridgehead atoms. The Labute approximate surface area is 84.6 Å². The number of nitrogens with one attached hydrogen (secondary N) is 1. The van der Waals surface area contributed by atoms with Crippen LogP contribution in [0.2, 0.25) is 0 Å². The number of aliphatic hydroxyl groups excluding tert-OH is 1. The second-order valence-corrected chi connectivity index (χ2v) is 4.55. The average Bonchev–Trinajstić information content (AvgIpc) is 1.97. The quantitative estimate of drug-likeness (QED) is 0.558. The van der Waals surface area contributed by atoms with Gasteiger partial charge in [0.15, 0.2) is 6.10 Å². The highest BCUT2D eigenvalue weighted by molar-refractivity contribution is 5.73. The molecule has 1 atom stereocenters. The Morgan fingerprint density at radius 3 is 2.14 bits per heavy atom. The molecule has 0 aromatic rings. The zero-order valence-corrected chi connectivity index (χ0v) is 9.42. The largest absolute Gasteiger partial charge is 0.382 e. The predicted octanol–water partition coefficient (Wildman–Crippen LogP) is -0.0691. The maximum Gasteiger partial charge on any atom is 0.353 e. The molecule has 0 aromatic heterocycles. The van der Waals surface area contributed by atoms with Gasteiger partial charge in [-0.15, -0.1) is 5.48 Å². The molecule has 0 saturated heterocycles. The second-order valence-electron chi connectivity index (χ2n) is 4.55. The Kier molecular flexibility index (Phi) is 4.05. The van der Waals surface area contributed by atoms with E-state index in [1.807, 2.05) is 27.7 Å². The fraction of sp³-hybridized carbons (Fsp3) is 0.889. The van der Waals surface area contributed by atoms with E-state index in [1.165, 1.54) is 6.92 Å². The van der Waals surface area contributed by atoms with Gasteiger partial charge in [-0.3, -0.25) is 0 Å². The minimum atomic E-state index is -1.14. The van der Waals surface area contributed by atoms with Crippen molar-refractivity contribution in [2.45, 2.75) is 51.8 Å². The molecule has 0 aliphatic carbocycles. The molecule has 0 rings (SSSR count). The van der Waals surface area contributed by atoms with Gasteiger partial charge in [-0.05, 0) is 34.6 Å². The summed E-state index contributed by atoms with van der Waals surface area (Å²) < 4.78 is 0. The van der Waals surface area contributed by atoms with Crippen LogP contribution in [0.15, 0.2) is 0 Å². The molecule has 4 N–H and O–H groups in total. The maximum absolute atomic E-state index is 10.9. The molecule has 0 spiro atoms. The molecule has 1 unspecified atom stereocenters. The van der Waals surface area contributed by atoms with Crippen molar-refractivity contribution in [3.05, 3.63) is 0 Å². The first-order valence-corrected chi connectivity index (χ1v) is 4.53. The number of aliphatic hydroxyl groups is 1. The summed E-state index contributed by atoms with van der Waals surface area (Å²) in [6.07, 6.45) is -1.14. The number of hydrogen-bond donors (Lipinski definition) is 3. The molecule has 0 amide bonds. The summed E-state index contributed by atoms with van der Waals surface area (Å²) >= 11 is 0. The number of carbonyl (C=O) groups is 1. The first-order chi connectivity index (χ1) is 6.08. The average molecular weight is 204 g/mol. The minimum absolute atomic E-state index is 0.550. The van der Waals surface area contributed by atoms with Gasteiger partial charge in [-0.25, -0.2) is 4.79 Å². The summed E-state index contributed by atoms with van der Waals surface area (Å²) in [4.78, 5) is 15.6. The van der Waals surface area contributed by atoms with Gasteiger partial charge in [-0.1, -0.05) is 0 Å². The van der Waals surface area contributed by atoms with Crippen LogP contribution in [0, 0.1) is 0 Å².